The van der Waals surface area contributed by atoms with Gasteiger partial charge in [0.05, 0.1) is 0 Å². The third-order valence-corrected chi connectivity index (χ3v) is 3.81. The Kier molecular flexibility index (Phi) is 5.91. The fourth-order valence-electron chi connectivity index (χ4n) is 2.45. The van der Waals surface area contributed by atoms with Crippen LogP contribution in [0.15, 0.2) is 84.4 Å². The third kappa shape index (κ3) is 4.88. The van der Waals surface area contributed by atoms with E-state index in [9.17, 15) is 18.4 Å². The van der Waals surface area contributed by atoms with Crippen LogP contribution in [0.4, 0.5) is 20.2 Å². The smallest absolute Gasteiger partial charge is 0.261 e. The number of benzene rings is 3. The SMILES string of the molecule is O=C(Nc1ccccc1)C(=Cc1cc(F)ccc1F)C(=O)Nc1ccccc1. The predicted octanol–water partition coefficient (Wildman–Crippen LogP) is 4.63. The number of rotatable bonds is 5. The maximum atomic E-state index is 14.0. The fraction of sp³-hybridized carbons (Fsp3) is 0. The highest BCUT2D eigenvalue weighted by Gasteiger charge is 2.20. The molecule has 6 heteroatoms. The van der Waals surface area contributed by atoms with Gasteiger partial charge in [0.15, 0.2) is 0 Å². The summed E-state index contributed by atoms with van der Waals surface area (Å²) in [6.07, 6.45) is 1.02. The molecule has 2 N–H and O–H groups in total. The van der Waals surface area contributed by atoms with Crippen LogP contribution in [0.25, 0.3) is 6.08 Å². The van der Waals surface area contributed by atoms with Gasteiger partial charge in [-0.15, -0.1) is 0 Å². The average Bonchev–Trinajstić information content (AvgIpc) is 2.70. The van der Waals surface area contributed by atoms with Crippen molar-refractivity contribution >= 4 is 29.3 Å². The summed E-state index contributed by atoms with van der Waals surface area (Å²) >= 11 is 0. The van der Waals surface area contributed by atoms with Gasteiger partial charge >= 0.3 is 0 Å². The lowest BCUT2D eigenvalue weighted by Gasteiger charge is -2.11. The molecule has 0 atom stereocenters. The topological polar surface area (TPSA) is 58.2 Å². The molecule has 3 aromatic carbocycles. The first-order valence-corrected chi connectivity index (χ1v) is 8.42. The minimum atomic E-state index is -0.751. The lowest BCUT2D eigenvalue weighted by Crippen LogP contribution is -2.25. The maximum absolute atomic E-state index is 14.0. The molecule has 140 valence electrons. The molecule has 0 saturated carbocycles. The molecule has 0 heterocycles. The van der Waals surface area contributed by atoms with E-state index in [1.54, 1.807) is 60.7 Å². The van der Waals surface area contributed by atoms with Crippen LogP contribution in [0.1, 0.15) is 5.56 Å². The number of anilines is 2. The van der Waals surface area contributed by atoms with Crippen molar-refractivity contribution in [1.82, 2.24) is 0 Å². The normalized spacial score (nSPS) is 10.1. The van der Waals surface area contributed by atoms with Crippen molar-refractivity contribution < 1.29 is 18.4 Å². The number of carbonyl (C=O) groups excluding carboxylic acids is 2. The van der Waals surface area contributed by atoms with Gasteiger partial charge < -0.3 is 10.6 Å². The second-order valence-corrected chi connectivity index (χ2v) is 5.86. The molecule has 0 unspecified atom stereocenters. The molecular formula is C22H16F2N2O2. The van der Waals surface area contributed by atoms with Crippen LogP contribution in [-0.4, -0.2) is 11.8 Å². The zero-order chi connectivity index (χ0) is 19.9. The van der Waals surface area contributed by atoms with Crippen molar-refractivity contribution in [3.63, 3.8) is 0 Å². The van der Waals surface area contributed by atoms with E-state index in [1.807, 2.05) is 0 Å². The molecule has 0 saturated heterocycles. The first-order chi connectivity index (χ1) is 13.5. The fourth-order valence-corrected chi connectivity index (χ4v) is 2.45. The molecule has 0 aromatic heterocycles. The third-order valence-electron chi connectivity index (χ3n) is 3.81. The van der Waals surface area contributed by atoms with Crippen molar-refractivity contribution in [2.75, 3.05) is 10.6 Å². The zero-order valence-electron chi connectivity index (χ0n) is 14.7. The zero-order valence-corrected chi connectivity index (χ0v) is 14.7. The summed E-state index contributed by atoms with van der Waals surface area (Å²) in [5.74, 6) is -2.93. The van der Waals surface area contributed by atoms with E-state index in [2.05, 4.69) is 10.6 Å². The van der Waals surface area contributed by atoms with Crippen LogP contribution in [0.3, 0.4) is 0 Å². The van der Waals surface area contributed by atoms with Gasteiger partial charge in [-0.3, -0.25) is 9.59 Å². The molecule has 0 radical (unpaired) electrons. The van der Waals surface area contributed by atoms with Crippen LogP contribution in [0.5, 0.6) is 0 Å². The summed E-state index contributed by atoms with van der Waals surface area (Å²) in [6, 6.07) is 19.8. The molecule has 3 aromatic rings. The lowest BCUT2D eigenvalue weighted by atomic mass is 10.1. The Bertz CT molecular complexity index is 964. The summed E-state index contributed by atoms with van der Waals surface area (Å²) in [4.78, 5) is 25.4. The number of halogens is 2. The molecule has 2 amide bonds. The molecule has 0 aliphatic rings. The lowest BCUT2D eigenvalue weighted by molar-refractivity contribution is -0.118. The van der Waals surface area contributed by atoms with E-state index in [4.69, 9.17) is 0 Å². The van der Waals surface area contributed by atoms with Crippen molar-refractivity contribution in [1.29, 1.82) is 0 Å². The Labute approximate surface area is 160 Å². The Balaban J connectivity index is 1.95. The molecule has 4 nitrogen and oxygen atoms in total. The molecule has 0 bridgehead atoms. The Morgan fingerprint density at radius 2 is 1.21 bits per heavy atom. The van der Waals surface area contributed by atoms with E-state index in [1.165, 1.54) is 0 Å². The minimum Gasteiger partial charge on any atom is -0.322 e. The van der Waals surface area contributed by atoms with Gasteiger partial charge in [-0.1, -0.05) is 36.4 Å². The van der Waals surface area contributed by atoms with Crippen molar-refractivity contribution in [3.8, 4) is 0 Å². The standard InChI is InChI=1S/C22H16F2N2O2/c23-16-11-12-20(24)15(13-16)14-19(21(27)25-17-7-3-1-4-8-17)22(28)26-18-9-5-2-6-10-18/h1-14H,(H,25,27)(H,26,28). The molecule has 0 spiro atoms. The number of amides is 2. The number of hydrogen-bond donors (Lipinski definition) is 2. The summed E-state index contributed by atoms with van der Waals surface area (Å²) in [5.41, 5.74) is 0.356. The second kappa shape index (κ2) is 8.73. The predicted molar refractivity (Wildman–Crippen MR) is 104 cm³/mol. The maximum Gasteiger partial charge on any atom is 0.261 e. The van der Waals surface area contributed by atoms with Gasteiger partial charge in [0.1, 0.15) is 17.2 Å². The van der Waals surface area contributed by atoms with Gasteiger partial charge in [0.2, 0.25) is 0 Å². The van der Waals surface area contributed by atoms with Crippen LogP contribution >= 0.6 is 0 Å². The molecular weight excluding hydrogens is 362 g/mol. The number of carbonyl (C=O) groups is 2. The molecule has 0 fully saturated rings. The minimum absolute atomic E-state index is 0.207. The quantitative estimate of drug-likeness (QED) is 0.386. The largest absolute Gasteiger partial charge is 0.322 e. The number of nitrogens with one attached hydrogen (secondary N) is 2. The number of hydrogen-bond acceptors (Lipinski definition) is 2. The van der Waals surface area contributed by atoms with E-state index in [0.29, 0.717) is 11.4 Å². The summed E-state index contributed by atoms with van der Waals surface area (Å²) in [5, 5.41) is 5.16. The van der Waals surface area contributed by atoms with Gasteiger partial charge in [-0.2, -0.15) is 0 Å². The van der Waals surface area contributed by atoms with Crippen molar-refractivity contribution in [2.45, 2.75) is 0 Å². The van der Waals surface area contributed by atoms with Crippen LogP contribution in [0, 0.1) is 11.6 Å². The highest BCUT2D eigenvalue weighted by Crippen LogP contribution is 2.17. The van der Waals surface area contributed by atoms with Gasteiger partial charge in [0.25, 0.3) is 11.8 Å². The van der Waals surface area contributed by atoms with E-state index < -0.39 is 23.4 Å². The first-order valence-electron chi connectivity index (χ1n) is 8.42. The monoisotopic (exact) mass is 378 g/mol. The highest BCUT2D eigenvalue weighted by molar-refractivity contribution is 6.28. The van der Waals surface area contributed by atoms with E-state index >= 15 is 0 Å². The van der Waals surface area contributed by atoms with Crippen LogP contribution in [0.2, 0.25) is 0 Å². The van der Waals surface area contributed by atoms with Gasteiger partial charge in [-0.25, -0.2) is 8.78 Å². The summed E-state index contributed by atoms with van der Waals surface area (Å²) < 4.78 is 27.5. The van der Waals surface area contributed by atoms with Crippen LogP contribution in [-0.2, 0) is 9.59 Å². The van der Waals surface area contributed by atoms with Crippen molar-refractivity contribution in [3.05, 3.63) is 102 Å². The summed E-state index contributed by atoms with van der Waals surface area (Å²) in [6.45, 7) is 0. The van der Waals surface area contributed by atoms with Crippen molar-refractivity contribution in [2.24, 2.45) is 0 Å². The average molecular weight is 378 g/mol. The molecule has 0 aliphatic carbocycles. The van der Waals surface area contributed by atoms with E-state index in [-0.39, 0.29) is 11.1 Å². The van der Waals surface area contributed by atoms with Gasteiger partial charge in [-0.05, 0) is 48.5 Å². The Morgan fingerprint density at radius 3 is 1.71 bits per heavy atom. The van der Waals surface area contributed by atoms with Crippen LogP contribution < -0.4 is 10.6 Å². The first kappa shape index (κ1) is 19.0. The molecule has 28 heavy (non-hydrogen) atoms. The molecule has 0 aliphatic heterocycles. The van der Waals surface area contributed by atoms with Gasteiger partial charge in [0, 0.05) is 16.9 Å². The Hall–Kier alpha value is -3.80. The highest BCUT2D eigenvalue weighted by atomic mass is 19.1. The Morgan fingerprint density at radius 1 is 0.714 bits per heavy atom. The van der Waals surface area contributed by atoms with E-state index in [0.717, 1.165) is 24.3 Å². The number of para-hydroxylation sites is 2. The molecule has 3 rings (SSSR count). The summed E-state index contributed by atoms with van der Waals surface area (Å²) in [7, 11) is 0. The second-order valence-electron chi connectivity index (χ2n) is 5.86.